The fourth-order valence-electron chi connectivity index (χ4n) is 2.30. The third-order valence-corrected chi connectivity index (χ3v) is 6.91. The van der Waals surface area contributed by atoms with E-state index in [1.807, 2.05) is 20.8 Å². The number of carbonyl (C=O) groups excluding carboxylic acids is 1. The standard InChI is InChI=1S/C14H23NO4S2/c1-6-14(7-2,8-3)15-21(17,18)12-10(4)9-20-11(12)13(16)19-5/h9,15H,6-8H2,1-5H3. The Bertz CT molecular complexity index is 592. The number of aryl methyl sites for hydroxylation is 1. The summed E-state index contributed by atoms with van der Waals surface area (Å²) in [6.07, 6.45) is 2.07. The van der Waals surface area contributed by atoms with Gasteiger partial charge in [-0.15, -0.1) is 11.3 Å². The summed E-state index contributed by atoms with van der Waals surface area (Å²) in [6.45, 7) is 7.55. The summed E-state index contributed by atoms with van der Waals surface area (Å²) in [6, 6.07) is 0. The summed E-state index contributed by atoms with van der Waals surface area (Å²) in [5.41, 5.74) is 0.0748. The van der Waals surface area contributed by atoms with Crippen LogP contribution in [-0.4, -0.2) is 27.0 Å². The van der Waals surface area contributed by atoms with Gasteiger partial charge in [0.05, 0.1) is 7.11 Å². The van der Waals surface area contributed by atoms with Crippen LogP contribution in [-0.2, 0) is 14.8 Å². The third-order valence-electron chi connectivity index (χ3n) is 3.94. The summed E-state index contributed by atoms with van der Waals surface area (Å²) >= 11 is 1.09. The Kier molecular flexibility index (Phi) is 5.95. The molecule has 0 fully saturated rings. The predicted molar refractivity (Wildman–Crippen MR) is 84.3 cm³/mol. The van der Waals surface area contributed by atoms with Gasteiger partial charge in [-0.1, -0.05) is 20.8 Å². The molecular formula is C14H23NO4S2. The second kappa shape index (κ2) is 6.89. The molecule has 5 nitrogen and oxygen atoms in total. The first-order valence-corrected chi connectivity index (χ1v) is 9.33. The molecule has 0 aliphatic rings. The van der Waals surface area contributed by atoms with Gasteiger partial charge in [0.2, 0.25) is 10.0 Å². The molecular weight excluding hydrogens is 310 g/mol. The quantitative estimate of drug-likeness (QED) is 0.778. The van der Waals surface area contributed by atoms with E-state index in [1.54, 1.807) is 12.3 Å². The lowest BCUT2D eigenvalue weighted by Crippen LogP contribution is -2.47. The van der Waals surface area contributed by atoms with Gasteiger partial charge in [0.25, 0.3) is 0 Å². The number of hydrogen-bond donors (Lipinski definition) is 1. The highest BCUT2D eigenvalue weighted by Gasteiger charge is 2.34. The molecule has 7 heteroatoms. The van der Waals surface area contributed by atoms with Gasteiger partial charge in [0.1, 0.15) is 9.77 Å². The van der Waals surface area contributed by atoms with E-state index in [0.29, 0.717) is 24.8 Å². The molecule has 0 amide bonds. The number of sulfonamides is 1. The molecule has 1 rings (SSSR count). The Morgan fingerprint density at radius 2 is 1.81 bits per heavy atom. The highest BCUT2D eigenvalue weighted by atomic mass is 32.2. The van der Waals surface area contributed by atoms with E-state index in [9.17, 15) is 13.2 Å². The number of rotatable bonds is 7. The van der Waals surface area contributed by atoms with Gasteiger partial charge in [-0.05, 0) is 37.1 Å². The molecule has 0 aromatic carbocycles. The van der Waals surface area contributed by atoms with Crippen LogP contribution >= 0.6 is 11.3 Å². The normalized spacial score (nSPS) is 12.4. The van der Waals surface area contributed by atoms with Gasteiger partial charge in [-0.25, -0.2) is 17.9 Å². The van der Waals surface area contributed by atoms with Crippen LogP contribution in [0.3, 0.4) is 0 Å². The first-order chi connectivity index (χ1) is 9.76. The van der Waals surface area contributed by atoms with E-state index >= 15 is 0 Å². The molecule has 1 heterocycles. The first kappa shape index (κ1) is 18.1. The van der Waals surface area contributed by atoms with Crippen LogP contribution in [0.5, 0.6) is 0 Å². The van der Waals surface area contributed by atoms with E-state index in [0.717, 1.165) is 11.3 Å². The number of esters is 1. The molecule has 0 spiro atoms. The molecule has 21 heavy (non-hydrogen) atoms. The maximum Gasteiger partial charge on any atom is 0.349 e. The van der Waals surface area contributed by atoms with Crippen LogP contribution in [0.1, 0.15) is 55.3 Å². The Morgan fingerprint density at radius 3 is 2.24 bits per heavy atom. The van der Waals surface area contributed by atoms with Crippen LogP contribution in [0.4, 0.5) is 0 Å². The third kappa shape index (κ3) is 3.64. The van der Waals surface area contributed by atoms with E-state index in [1.165, 1.54) is 7.11 Å². The number of nitrogens with one attached hydrogen (secondary N) is 1. The van der Waals surface area contributed by atoms with Gasteiger partial charge in [0.15, 0.2) is 0 Å². The molecule has 0 atom stereocenters. The Labute approximate surface area is 130 Å². The molecule has 120 valence electrons. The Hall–Kier alpha value is -0.920. The fourth-order valence-corrected chi connectivity index (χ4v) is 5.63. The highest BCUT2D eigenvalue weighted by molar-refractivity contribution is 7.89. The summed E-state index contributed by atoms with van der Waals surface area (Å²) < 4.78 is 32.9. The number of methoxy groups -OCH3 is 1. The van der Waals surface area contributed by atoms with Gasteiger partial charge in [-0.3, -0.25) is 0 Å². The zero-order chi connectivity index (χ0) is 16.3. The lowest BCUT2D eigenvalue weighted by molar-refractivity contribution is 0.0602. The van der Waals surface area contributed by atoms with Crippen molar-refractivity contribution in [3.8, 4) is 0 Å². The van der Waals surface area contributed by atoms with Crippen LogP contribution in [0.2, 0.25) is 0 Å². The molecule has 1 aromatic heterocycles. The number of thiophene rings is 1. The number of carbonyl (C=O) groups is 1. The van der Waals surface area contributed by atoms with Crippen molar-refractivity contribution in [3.05, 3.63) is 15.8 Å². The maximum atomic E-state index is 12.7. The van der Waals surface area contributed by atoms with Crippen LogP contribution < -0.4 is 4.72 Å². The minimum absolute atomic E-state index is 0.0408. The van der Waals surface area contributed by atoms with Crippen molar-refractivity contribution in [1.82, 2.24) is 4.72 Å². The Morgan fingerprint density at radius 1 is 1.29 bits per heavy atom. The molecule has 0 unspecified atom stereocenters. The van der Waals surface area contributed by atoms with Gasteiger partial charge in [-0.2, -0.15) is 0 Å². The summed E-state index contributed by atoms with van der Waals surface area (Å²) in [7, 11) is -2.52. The van der Waals surface area contributed by atoms with Crippen molar-refractivity contribution in [1.29, 1.82) is 0 Å². The van der Waals surface area contributed by atoms with Crippen LogP contribution in [0.15, 0.2) is 10.3 Å². The average molecular weight is 333 g/mol. The number of ether oxygens (including phenoxy) is 1. The second-order valence-corrected chi connectivity index (χ2v) is 7.51. The number of hydrogen-bond acceptors (Lipinski definition) is 5. The minimum atomic E-state index is -3.77. The van der Waals surface area contributed by atoms with Crippen molar-refractivity contribution in [2.24, 2.45) is 0 Å². The van der Waals surface area contributed by atoms with E-state index in [2.05, 4.69) is 9.46 Å². The topological polar surface area (TPSA) is 72.5 Å². The summed E-state index contributed by atoms with van der Waals surface area (Å²) in [5, 5.41) is 1.66. The van der Waals surface area contributed by atoms with Crippen LogP contribution in [0, 0.1) is 6.92 Å². The average Bonchev–Trinajstić information content (AvgIpc) is 2.86. The van der Waals surface area contributed by atoms with Crippen molar-refractivity contribution in [2.75, 3.05) is 7.11 Å². The molecule has 0 bridgehead atoms. The van der Waals surface area contributed by atoms with Crippen molar-refractivity contribution in [2.45, 2.75) is 57.4 Å². The summed E-state index contributed by atoms with van der Waals surface area (Å²) in [4.78, 5) is 11.9. The largest absolute Gasteiger partial charge is 0.465 e. The lowest BCUT2D eigenvalue weighted by Gasteiger charge is -2.31. The van der Waals surface area contributed by atoms with Gasteiger partial charge >= 0.3 is 5.97 Å². The van der Waals surface area contributed by atoms with Gasteiger partial charge < -0.3 is 4.74 Å². The van der Waals surface area contributed by atoms with Crippen molar-refractivity contribution in [3.63, 3.8) is 0 Å². The molecule has 0 radical (unpaired) electrons. The lowest BCUT2D eigenvalue weighted by atomic mass is 9.91. The molecule has 0 saturated heterocycles. The zero-order valence-electron chi connectivity index (χ0n) is 13.1. The van der Waals surface area contributed by atoms with E-state index in [-0.39, 0.29) is 9.77 Å². The van der Waals surface area contributed by atoms with E-state index < -0.39 is 21.5 Å². The second-order valence-electron chi connectivity index (χ2n) is 5.02. The Balaban J connectivity index is 3.32. The SMILES string of the molecule is CCC(CC)(CC)NS(=O)(=O)c1c(C)csc1C(=O)OC. The molecule has 0 saturated carbocycles. The molecule has 1 aromatic rings. The van der Waals surface area contributed by atoms with Crippen molar-refractivity contribution >= 4 is 27.3 Å². The van der Waals surface area contributed by atoms with Gasteiger partial charge in [0, 0.05) is 5.54 Å². The monoisotopic (exact) mass is 333 g/mol. The fraction of sp³-hybridized carbons (Fsp3) is 0.643. The van der Waals surface area contributed by atoms with Crippen LogP contribution in [0.25, 0.3) is 0 Å². The minimum Gasteiger partial charge on any atom is -0.465 e. The smallest absolute Gasteiger partial charge is 0.349 e. The highest BCUT2D eigenvalue weighted by Crippen LogP contribution is 2.30. The molecule has 0 aliphatic carbocycles. The first-order valence-electron chi connectivity index (χ1n) is 6.97. The van der Waals surface area contributed by atoms with E-state index in [4.69, 9.17) is 0 Å². The summed E-state index contributed by atoms with van der Waals surface area (Å²) in [5.74, 6) is -0.622. The maximum absolute atomic E-state index is 12.7. The van der Waals surface area contributed by atoms with Crippen molar-refractivity contribution < 1.29 is 17.9 Å². The predicted octanol–water partition coefficient (Wildman–Crippen LogP) is 3.09. The zero-order valence-corrected chi connectivity index (χ0v) is 14.8. The molecule has 1 N–H and O–H groups in total. The molecule has 0 aliphatic heterocycles.